The molecule has 2 heterocycles. The van der Waals surface area contributed by atoms with Crippen molar-refractivity contribution in [1.29, 1.82) is 0 Å². The Kier molecular flexibility index (Phi) is 5.60. The minimum atomic E-state index is -0.224. The lowest BCUT2D eigenvalue weighted by Gasteiger charge is -2.27. The second-order valence-corrected chi connectivity index (χ2v) is 7.48. The van der Waals surface area contributed by atoms with Gasteiger partial charge in [-0.05, 0) is 44.0 Å². The summed E-state index contributed by atoms with van der Waals surface area (Å²) in [6.45, 7) is 5.11. The minimum Gasteiger partial charge on any atom is -0.338 e. The Morgan fingerprint density at radius 1 is 1.04 bits per heavy atom. The molecular weight excluding hydrogens is 331 g/mol. The molecule has 0 unspecified atom stereocenters. The fourth-order valence-electron chi connectivity index (χ4n) is 4.21. The van der Waals surface area contributed by atoms with Gasteiger partial charge in [-0.15, -0.1) is 0 Å². The van der Waals surface area contributed by atoms with Gasteiger partial charge in [0.1, 0.15) is 5.82 Å². The van der Waals surface area contributed by atoms with Crippen LogP contribution >= 0.6 is 0 Å². The van der Waals surface area contributed by atoms with Crippen molar-refractivity contribution in [3.05, 3.63) is 47.4 Å². The molecule has 6 heteroatoms. The number of nitrogens with zero attached hydrogens (tertiary/aromatic N) is 4. The van der Waals surface area contributed by atoms with Crippen LogP contribution in [0.1, 0.15) is 49.4 Å². The lowest BCUT2D eigenvalue weighted by Crippen LogP contribution is -2.36. The second-order valence-electron chi connectivity index (χ2n) is 7.48. The van der Waals surface area contributed by atoms with Crippen LogP contribution in [-0.4, -0.2) is 52.2 Å². The van der Waals surface area contributed by atoms with Crippen molar-refractivity contribution in [2.75, 3.05) is 26.2 Å². The Morgan fingerprint density at radius 3 is 2.73 bits per heavy atom. The molecule has 140 valence electrons. The van der Waals surface area contributed by atoms with E-state index in [0.29, 0.717) is 30.2 Å². The van der Waals surface area contributed by atoms with Crippen molar-refractivity contribution in [1.82, 2.24) is 19.9 Å². The van der Waals surface area contributed by atoms with Crippen LogP contribution in [0.3, 0.4) is 0 Å². The average Bonchev–Trinajstić information content (AvgIpc) is 3.27. The van der Waals surface area contributed by atoms with Gasteiger partial charge in [0.25, 0.3) is 0 Å². The Hall–Kier alpha value is -1.79. The highest BCUT2D eigenvalue weighted by Crippen LogP contribution is 2.24. The van der Waals surface area contributed by atoms with Crippen molar-refractivity contribution in [2.45, 2.75) is 51.1 Å². The van der Waals surface area contributed by atoms with Crippen LogP contribution in [0.25, 0.3) is 0 Å². The fourth-order valence-corrected chi connectivity index (χ4v) is 4.21. The molecule has 1 aliphatic carbocycles. The number of rotatable bonds is 5. The lowest BCUT2D eigenvalue weighted by molar-refractivity contribution is 0.191. The van der Waals surface area contributed by atoms with E-state index in [4.69, 9.17) is 4.52 Å². The molecule has 0 amide bonds. The summed E-state index contributed by atoms with van der Waals surface area (Å²) in [6.07, 6.45) is 7.06. The van der Waals surface area contributed by atoms with Crippen LogP contribution in [0.5, 0.6) is 0 Å². The molecule has 1 saturated heterocycles. The van der Waals surface area contributed by atoms with E-state index in [1.165, 1.54) is 44.7 Å². The van der Waals surface area contributed by atoms with Crippen LogP contribution in [0.2, 0.25) is 0 Å². The zero-order valence-electron chi connectivity index (χ0n) is 15.2. The summed E-state index contributed by atoms with van der Waals surface area (Å²) in [7, 11) is 0. The quantitative estimate of drug-likeness (QED) is 0.821. The molecule has 0 radical (unpaired) electrons. The number of hydrogen-bond donors (Lipinski definition) is 0. The van der Waals surface area contributed by atoms with Gasteiger partial charge in [-0.2, -0.15) is 4.98 Å². The summed E-state index contributed by atoms with van der Waals surface area (Å²) in [5.41, 5.74) is 0.599. The zero-order valence-corrected chi connectivity index (χ0v) is 15.2. The first-order valence-corrected chi connectivity index (χ1v) is 9.79. The Balaban J connectivity index is 1.32. The third-order valence-corrected chi connectivity index (χ3v) is 5.64. The first kappa shape index (κ1) is 17.6. The zero-order chi connectivity index (χ0) is 17.8. The van der Waals surface area contributed by atoms with Crippen molar-refractivity contribution in [3.63, 3.8) is 0 Å². The van der Waals surface area contributed by atoms with Crippen LogP contribution in [0.4, 0.5) is 4.39 Å². The van der Waals surface area contributed by atoms with E-state index in [1.54, 1.807) is 12.1 Å². The molecule has 2 fully saturated rings. The Bertz CT molecular complexity index is 713. The second kappa shape index (κ2) is 8.27. The van der Waals surface area contributed by atoms with E-state index in [-0.39, 0.29) is 5.82 Å². The smallest absolute Gasteiger partial charge is 0.240 e. The molecular formula is C20H27FN4O. The molecule has 1 saturated carbocycles. The maximum atomic E-state index is 13.8. The van der Waals surface area contributed by atoms with Crippen LogP contribution in [0.15, 0.2) is 28.8 Å². The standard InChI is InChI=1S/C20H27FN4O/c21-18-9-4-1-6-16(18)14-19-22-20(26-23-19)15-24-10-5-11-25(13-12-24)17-7-2-3-8-17/h1,4,6,9,17H,2-3,5,7-8,10-15H2. The largest absolute Gasteiger partial charge is 0.338 e. The monoisotopic (exact) mass is 358 g/mol. The van der Waals surface area contributed by atoms with E-state index in [9.17, 15) is 4.39 Å². The normalized spacial score (nSPS) is 20.5. The third-order valence-electron chi connectivity index (χ3n) is 5.64. The van der Waals surface area contributed by atoms with Gasteiger partial charge in [-0.3, -0.25) is 9.80 Å². The average molecular weight is 358 g/mol. The van der Waals surface area contributed by atoms with Crippen LogP contribution in [0, 0.1) is 5.82 Å². The fraction of sp³-hybridized carbons (Fsp3) is 0.600. The van der Waals surface area contributed by atoms with Crippen molar-refractivity contribution in [2.24, 2.45) is 0 Å². The Morgan fingerprint density at radius 2 is 1.88 bits per heavy atom. The Labute approximate surface area is 154 Å². The van der Waals surface area contributed by atoms with Crippen LogP contribution < -0.4 is 0 Å². The van der Waals surface area contributed by atoms with Gasteiger partial charge in [0.2, 0.25) is 5.89 Å². The summed E-state index contributed by atoms with van der Waals surface area (Å²) in [5, 5.41) is 4.03. The molecule has 2 aromatic rings. The molecule has 5 nitrogen and oxygen atoms in total. The van der Waals surface area contributed by atoms with Crippen molar-refractivity contribution >= 4 is 0 Å². The predicted octanol–water partition coefficient (Wildman–Crippen LogP) is 3.25. The van der Waals surface area contributed by atoms with E-state index < -0.39 is 0 Å². The maximum Gasteiger partial charge on any atom is 0.240 e. The molecule has 26 heavy (non-hydrogen) atoms. The summed E-state index contributed by atoms with van der Waals surface area (Å²) in [6, 6.07) is 7.54. The van der Waals surface area contributed by atoms with Gasteiger partial charge < -0.3 is 4.52 Å². The van der Waals surface area contributed by atoms with E-state index in [0.717, 1.165) is 25.7 Å². The van der Waals surface area contributed by atoms with E-state index >= 15 is 0 Å². The number of halogens is 1. The lowest BCUT2D eigenvalue weighted by atomic mass is 10.1. The highest BCUT2D eigenvalue weighted by molar-refractivity contribution is 5.20. The van der Waals surface area contributed by atoms with E-state index in [2.05, 4.69) is 19.9 Å². The highest BCUT2D eigenvalue weighted by atomic mass is 19.1. The first-order chi connectivity index (χ1) is 12.8. The predicted molar refractivity (Wildman–Crippen MR) is 97.2 cm³/mol. The third kappa shape index (κ3) is 4.30. The van der Waals surface area contributed by atoms with Crippen molar-refractivity contribution < 1.29 is 8.91 Å². The summed E-state index contributed by atoms with van der Waals surface area (Å²) < 4.78 is 19.2. The van der Waals surface area contributed by atoms with Crippen LogP contribution in [-0.2, 0) is 13.0 Å². The molecule has 0 bridgehead atoms. The molecule has 1 aliphatic heterocycles. The van der Waals surface area contributed by atoms with Gasteiger partial charge in [-0.1, -0.05) is 36.2 Å². The summed E-state index contributed by atoms with van der Waals surface area (Å²) in [5.74, 6) is 0.955. The summed E-state index contributed by atoms with van der Waals surface area (Å²) in [4.78, 5) is 9.54. The van der Waals surface area contributed by atoms with Gasteiger partial charge in [0.05, 0.1) is 6.54 Å². The molecule has 1 aromatic heterocycles. The SMILES string of the molecule is Fc1ccccc1Cc1noc(CN2CCCN(C3CCCC3)CC2)n1. The topological polar surface area (TPSA) is 45.4 Å². The molecule has 1 aromatic carbocycles. The molecule has 2 aliphatic rings. The van der Waals surface area contributed by atoms with Gasteiger partial charge in [-0.25, -0.2) is 4.39 Å². The van der Waals surface area contributed by atoms with E-state index in [1.807, 2.05) is 6.07 Å². The highest BCUT2D eigenvalue weighted by Gasteiger charge is 2.25. The first-order valence-electron chi connectivity index (χ1n) is 9.79. The summed E-state index contributed by atoms with van der Waals surface area (Å²) >= 11 is 0. The minimum absolute atomic E-state index is 0.224. The van der Waals surface area contributed by atoms with Gasteiger partial charge in [0, 0.05) is 25.6 Å². The van der Waals surface area contributed by atoms with Crippen molar-refractivity contribution in [3.8, 4) is 0 Å². The molecule has 0 N–H and O–H groups in total. The van der Waals surface area contributed by atoms with Gasteiger partial charge in [0.15, 0.2) is 5.82 Å². The molecule has 4 rings (SSSR count). The number of aromatic nitrogens is 2. The number of hydrogen-bond acceptors (Lipinski definition) is 5. The molecule has 0 atom stereocenters. The van der Waals surface area contributed by atoms with Gasteiger partial charge >= 0.3 is 0 Å². The number of benzene rings is 1. The maximum absolute atomic E-state index is 13.8. The molecule has 0 spiro atoms.